The Morgan fingerprint density at radius 3 is 2.95 bits per heavy atom. The van der Waals surface area contributed by atoms with Crippen LogP contribution >= 0.6 is 11.6 Å². The first kappa shape index (κ1) is 13.2. The molecule has 20 heavy (non-hydrogen) atoms. The minimum Gasteiger partial charge on any atom is -0.338 e. The second-order valence-electron chi connectivity index (χ2n) is 4.97. The van der Waals surface area contributed by atoms with Gasteiger partial charge in [-0.25, -0.2) is 0 Å². The predicted molar refractivity (Wildman–Crippen MR) is 73.2 cm³/mol. The van der Waals surface area contributed by atoms with E-state index in [1.165, 1.54) is 0 Å². The van der Waals surface area contributed by atoms with Gasteiger partial charge >= 0.3 is 0 Å². The minimum atomic E-state index is 0.156. The molecule has 1 fully saturated rings. The van der Waals surface area contributed by atoms with Crippen LogP contribution in [-0.2, 0) is 11.2 Å². The van der Waals surface area contributed by atoms with E-state index in [0.29, 0.717) is 22.4 Å². The molecule has 1 saturated carbocycles. The summed E-state index contributed by atoms with van der Waals surface area (Å²) >= 11 is 6.03. The molecule has 5 nitrogen and oxygen atoms in total. The molecule has 1 aliphatic carbocycles. The standard InChI is InChI=1S/C14H14ClN3O2/c15-10-6-3-7-16-13(10)14-17-12(20-18-14)8-11(19)9-4-1-2-5-9/h3,6-7,9H,1-2,4-5,8H2. The Morgan fingerprint density at radius 1 is 1.40 bits per heavy atom. The molecule has 0 unspecified atom stereocenters. The summed E-state index contributed by atoms with van der Waals surface area (Å²) in [5.41, 5.74) is 0.470. The fourth-order valence-corrected chi connectivity index (χ4v) is 2.72. The highest BCUT2D eigenvalue weighted by molar-refractivity contribution is 6.32. The van der Waals surface area contributed by atoms with Crippen LogP contribution in [0.25, 0.3) is 11.5 Å². The first-order chi connectivity index (χ1) is 9.74. The number of hydrogen-bond donors (Lipinski definition) is 0. The van der Waals surface area contributed by atoms with E-state index in [-0.39, 0.29) is 18.1 Å². The van der Waals surface area contributed by atoms with Gasteiger partial charge in [-0.05, 0) is 25.0 Å². The maximum Gasteiger partial charge on any atom is 0.234 e. The summed E-state index contributed by atoms with van der Waals surface area (Å²) in [6, 6.07) is 3.44. The number of ketones is 1. The molecule has 0 radical (unpaired) electrons. The lowest BCUT2D eigenvalue weighted by Gasteiger charge is -2.04. The minimum absolute atomic E-state index is 0.156. The lowest BCUT2D eigenvalue weighted by Crippen LogP contribution is -2.13. The van der Waals surface area contributed by atoms with Crippen LogP contribution < -0.4 is 0 Å². The zero-order valence-corrected chi connectivity index (χ0v) is 11.6. The van der Waals surface area contributed by atoms with Crippen molar-refractivity contribution in [2.24, 2.45) is 5.92 Å². The Labute approximate surface area is 121 Å². The fraction of sp³-hybridized carbons (Fsp3) is 0.429. The molecular formula is C14H14ClN3O2. The summed E-state index contributed by atoms with van der Waals surface area (Å²) in [5, 5.41) is 4.30. The molecule has 3 rings (SSSR count). The Morgan fingerprint density at radius 2 is 2.20 bits per heavy atom. The monoisotopic (exact) mass is 291 g/mol. The molecular weight excluding hydrogens is 278 g/mol. The van der Waals surface area contributed by atoms with E-state index in [9.17, 15) is 4.79 Å². The average Bonchev–Trinajstić information content (AvgIpc) is 3.10. The predicted octanol–water partition coefficient (Wildman–Crippen LogP) is 3.09. The van der Waals surface area contributed by atoms with Gasteiger partial charge in [-0.1, -0.05) is 29.6 Å². The Balaban J connectivity index is 1.74. The van der Waals surface area contributed by atoms with Crippen molar-refractivity contribution in [3.8, 4) is 11.5 Å². The van der Waals surface area contributed by atoms with Crippen LogP contribution in [0.4, 0.5) is 0 Å². The topological polar surface area (TPSA) is 68.9 Å². The molecule has 0 spiro atoms. The number of carbonyl (C=O) groups is 1. The quantitative estimate of drug-likeness (QED) is 0.866. The van der Waals surface area contributed by atoms with Crippen molar-refractivity contribution in [2.45, 2.75) is 32.1 Å². The van der Waals surface area contributed by atoms with Crippen molar-refractivity contribution in [1.82, 2.24) is 15.1 Å². The summed E-state index contributed by atoms with van der Waals surface area (Å²) in [6.07, 6.45) is 6.03. The number of nitrogens with zero attached hydrogens (tertiary/aromatic N) is 3. The molecule has 2 heterocycles. The van der Waals surface area contributed by atoms with Crippen LogP contribution in [-0.4, -0.2) is 20.9 Å². The van der Waals surface area contributed by atoms with Crippen molar-refractivity contribution in [3.05, 3.63) is 29.2 Å². The Bertz CT molecular complexity index is 620. The van der Waals surface area contributed by atoms with Crippen LogP contribution in [0.3, 0.4) is 0 Å². The number of carbonyl (C=O) groups excluding carboxylic acids is 1. The van der Waals surface area contributed by atoms with Crippen LogP contribution in [0.1, 0.15) is 31.6 Å². The van der Waals surface area contributed by atoms with Gasteiger partial charge in [0.05, 0.1) is 11.4 Å². The maximum absolute atomic E-state index is 12.1. The Kier molecular flexibility index (Phi) is 3.78. The largest absolute Gasteiger partial charge is 0.338 e. The van der Waals surface area contributed by atoms with E-state index in [2.05, 4.69) is 15.1 Å². The van der Waals surface area contributed by atoms with E-state index >= 15 is 0 Å². The van der Waals surface area contributed by atoms with E-state index in [0.717, 1.165) is 25.7 Å². The van der Waals surface area contributed by atoms with Gasteiger partial charge < -0.3 is 4.52 Å². The molecule has 1 aliphatic rings. The van der Waals surface area contributed by atoms with Crippen molar-refractivity contribution in [2.75, 3.05) is 0 Å². The highest BCUT2D eigenvalue weighted by Gasteiger charge is 2.24. The lowest BCUT2D eigenvalue weighted by molar-refractivity contribution is -0.122. The number of halogens is 1. The first-order valence-corrected chi connectivity index (χ1v) is 7.08. The van der Waals surface area contributed by atoms with Gasteiger partial charge in [0.25, 0.3) is 0 Å². The highest BCUT2D eigenvalue weighted by atomic mass is 35.5. The summed E-state index contributed by atoms with van der Waals surface area (Å²) in [5.74, 6) is 0.997. The molecule has 0 saturated heterocycles. The van der Waals surface area contributed by atoms with Gasteiger partial charge in [0.15, 0.2) is 0 Å². The Hall–Kier alpha value is -1.75. The summed E-state index contributed by atoms with van der Waals surface area (Å²) in [4.78, 5) is 20.4. The lowest BCUT2D eigenvalue weighted by atomic mass is 10.0. The van der Waals surface area contributed by atoms with Crippen LogP contribution in [0, 0.1) is 5.92 Å². The molecule has 104 valence electrons. The third kappa shape index (κ3) is 2.72. The average molecular weight is 292 g/mol. The molecule has 0 atom stereocenters. The molecule has 2 aromatic rings. The van der Waals surface area contributed by atoms with Crippen LogP contribution in [0.15, 0.2) is 22.9 Å². The summed E-state index contributed by atoms with van der Waals surface area (Å²) in [6.45, 7) is 0. The van der Waals surface area contributed by atoms with E-state index < -0.39 is 0 Å². The number of aromatic nitrogens is 3. The zero-order valence-electron chi connectivity index (χ0n) is 10.9. The van der Waals surface area contributed by atoms with Gasteiger partial charge in [-0.15, -0.1) is 0 Å². The summed E-state index contributed by atoms with van der Waals surface area (Å²) < 4.78 is 5.12. The number of Topliss-reactive ketones (excluding diaryl/α,β-unsaturated/α-hetero) is 1. The van der Waals surface area contributed by atoms with Gasteiger partial charge in [0, 0.05) is 12.1 Å². The van der Waals surface area contributed by atoms with Crippen molar-refractivity contribution in [3.63, 3.8) is 0 Å². The van der Waals surface area contributed by atoms with E-state index in [4.69, 9.17) is 16.1 Å². The fourth-order valence-electron chi connectivity index (χ4n) is 2.51. The van der Waals surface area contributed by atoms with Crippen LogP contribution in [0.5, 0.6) is 0 Å². The van der Waals surface area contributed by atoms with Crippen molar-refractivity contribution >= 4 is 17.4 Å². The number of pyridine rings is 1. The molecule has 0 amide bonds. The number of rotatable bonds is 4. The third-order valence-corrected chi connectivity index (χ3v) is 3.88. The number of hydrogen-bond acceptors (Lipinski definition) is 5. The SMILES string of the molecule is O=C(Cc1nc(-c2ncccc2Cl)no1)C1CCCC1. The van der Waals surface area contributed by atoms with Gasteiger partial charge in [-0.3, -0.25) is 9.78 Å². The third-order valence-electron chi connectivity index (χ3n) is 3.57. The summed E-state index contributed by atoms with van der Waals surface area (Å²) in [7, 11) is 0. The normalized spacial score (nSPS) is 15.7. The molecule has 0 N–H and O–H groups in total. The van der Waals surface area contributed by atoms with Crippen molar-refractivity contribution < 1.29 is 9.32 Å². The molecule has 0 aromatic carbocycles. The van der Waals surface area contributed by atoms with Crippen LogP contribution in [0.2, 0.25) is 5.02 Å². The molecule has 0 aliphatic heterocycles. The van der Waals surface area contributed by atoms with Crippen molar-refractivity contribution in [1.29, 1.82) is 0 Å². The highest BCUT2D eigenvalue weighted by Crippen LogP contribution is 2.27. The molecule has 0 bridgehead atoms. The smallest absolute Gasteiger partial charge is 0.234 e. The van der Waals surface area contributed by atoms with Gasteiger partial charge in [0.2, 0.25) is 11.7 Å². The second-order valence-corrected chi connectivity index (χ2v) is 5.38. The maximum atomic E-state index is 12.1. The molecule has 2 aromatic heterocycles. The second kappa shape index (κ2) is 5.71. The van der Waals surface area contributed by atoms with Gasteiger partial charge in [0.1, 0.15) is 11.5 Å². The van der Waals surface area contributed by atoms with E-state index in [1.807, 2.05) is 0 Å². The van der Waals surface area contributed by atoms with E-state index in [1.54, 1.807) is 18.3 Å². The van der Waals surface area contributed by atoms with Gasteiger partial charge in [-0.2, -0.15) is 4.98 Å². The molecule has 6 heteroatoms. The zero-order chi connectivity index (χ0) is 13.9. The first-order valence-electron chi connectivity index (χ1n) is 6.70.